The first-order valence-electron chi connectivity index (χ1n) is 11.6. The number of nitrogens with one attached hydrogen (secondary N) is 2. The monoisotopic (exact) mass is 467 g/mol. The van der Waals surface area contributed by atoms with Crippen LogP contribution in [0, 0.1) is 17.9 Å². The molecular weight excluding hydrogens is 425 g/mol. The lowest BCUT2D eigenvalue weighted by Crippen LogP contribution is -2.41. The van der Waals surface area contributed by atoms with Crippen LogP contribution in [0.4, 0.5) is 15.0 Å². The van der Waals surface area contributed by atoms with Crippen LogP contribution in [0.15, 0.2) is 6.20 Å². The van der Waals surface area contributed by atoms with E-state index in [-0.39, 0.29) is 12.5 Å². The van der Waals surface area contributed by atoms with E-state index in [1.54, 1.807) is 20.8 Å². The maximum atomic E-state index is 13.2. The third kappa shape index (κ3) is 16.4. The molecule has 0 aliphatic rings. The van der Waals surface area contributed by atoms with Crippen LogP contribution in [0.1, 0.15) is 80.2 Å². The van der Waals surface area contributed by atoms with Crippen molar-refractivity contribution in [2.24, 2.45) is 0 Å². The number of rotatable bonds is 8. The number of halogens is 1. The highest BCUT2D eigenvalue weighted by molar-refractivity contribution is 5.82. The number of carbonyl (C=O) groups excluding carboxylic acids is 2. The van der Waals surface area contributed by atoms with E-state index in [9.17, 15) is 14.0 Å². The molecule has 0 aromatic carbocycles. The average molecular weight is 468 g/mol. The van der Waals surface area contributed by atoms with Crippen LogP contribution in [-0.2, 0) is 9.53 Å². The van der Waals surface area contributed by atoms with Gasteiger partial charge in [0.25, 0.3) is 0 Å². The molecule has 0 bridgehead atoms. The number of likely N-dealkylation sites (N-methyl/N-ethyl adjacent to an activating group) is 1. The van der Waals surface area contributed by atoms with Gasteiger partial charge in [0.15, 0.2) is 0 Å². The molecule has 0 fully saturated rings. The van der Waals surface area contributed by atoms with E-state index in [0.29, 0.717) is 37.3 Å². The van der Waals surface area contributed by atoms with Gasteiger partial charge < -0.3 is 20.3 Å². The van der Waals surface area contributed by atoms with Gasteiger partial charge in [0.1, 0.15) is 18.0 Å². The second-order valence-corrected chi connectivity index (χ2v) is 7.42. The van der Waals surface area contributed by atoms with Gasteiger partial charge in [-0.3, -0.25) is 4.79 Å². The maximum Gasteiger partial charge on any atom is 0.410 e. The molecule has 2 amide bonds. The normalized spacial score (nSPS) is 9.64. The molecule has 9 heteroatoms. The zero-order valence-corrected chi connectivity index (χ0v) is 21.8. The maximum absolute atomic E-state index is 13.2. The Balaban J connectivity index is 0. The fraction of sp³-hybridized carbons (Fsp3) is 0.667. The zero-order valence-electron chi connectivity index (χ0n) is 21.8. The van der Waals surface area contributed by atoms with Crippen LogP contribution in [0.25, 0.3) is 0 Å². The number of carbonyl (C=O) groups is 2. The van der Waals surface area contributed by atoms with Gasteiger partial charge in [-0.15, -0.1) is 0 Å². The summed E-state index contributed by atoms with van der Waals surface area (Å²) < 4.78 is 18.4. The zero-order chi connectivity index (χ0) is 25.9. The molecule has 2 N–H and O–H groups in total. The summed E-state index contributed by atoms with van der Waals surface area (Å²) in [5.41, 5.74) is -0.0787. The predicted octanol–water partition coefficient (Wildman–Crippen LogP) is 4.60. The van der Waals surface area contributed by atoms with Crippen LogP contribution in [0.3, 0.4) is 0 Å². The summed E-state index contributed by atoms with van der Waals surface area (Å²) in [4.78, 5) is 32.2. The molecule has 0 atom stereocenters. The highest BCUT2D eigenvalue weighted by Gasteiger charge is 2.20. The Morgan fingerprint density at radius 3 is 2.39 bits per heavy atom. The average Bonchev–Trinajstić information content (AvgIpc) is 2.77. The van der Waals surface area contributed by atoms with Crippen molar-refractivity contribution in [1.82, 2.24) is 20.2 Å². The lowest BCUT2D eigenvalue weighted by Gasteiger charge is -2.24. The molecular formula is C24H42FN5O3. The Labute approximate surface area is 199 Å². The number of ether oxygens (including phenoxy) is 1. The lowest BCUT2D eigenvalue weighted by atomic mass is 10.2. The fourth-order valence-corrected chi connectivity index (χ4v) is 2.07. The fourth-order valence-electron chi connectivity index (χ4n) is 2.07. The van der Waals surface area contributed by atoms with E-state index in [1.165, 1.54) is 18.1 Å². The summed E-state index contributed by atoms with van der Waals surface area (Å²) in [6, 6.07) is 0. The van der Waals surface area contributed by atoms with E-state index in [0.717, 1.165) is 6.42 Å². The first-order chi connectivity index (χ1) is 15.6. The Kier molecular flexibility index (Phi) is 18.3. The minimum atomic E-state index is -0.798. The topological polar surface area (TPSA) is 96.5 Å². The Morgan fingerprint density at radius 2 is 1.82 bits per heavy atom. The molecule has 0 radical (unpaired) electrons. The van der Waals surface area contributed by atoms with Gasteiger partial charge in [0.05, 0.1) is 11.8 Å². The van der Waals surface area contributed by atoms with E-state index >= 15 is 0 Å². The third-order valence-corrected chi connectivity index (χ3v) is 3.41. The molecule has 8 nitrogen and oxygen atoms in total. The Hall–Kier alpha value is -2.89. The van der Waals surface area contributed by atoms with Crippen LogP contribution in [0.5, 0.6) is 0 Å². The van der Waals surface area contributed by atoms with Crippen molar-refractivity contribution in [3.63, 3.8) is 0 Å². The molecule has 188 valence electrons. The summed E-state index contributed by atoms with van der Waals surface area (Å²) >= 11 is 0. The van der Waals surface area contributed by atoms with Gasteiger partial charge in [0.2, 0.25) is 5.91 Å². The number of amides is 2. The predicted molar refractivity (Wildman–Crippen MR) is 131 cm³/mol. The van der Waals surface area contributed by atoms with Gasteiger partial charge in [0, 0.05) is 26.6 Å². The van der Waals surface area contributed by atoms with Crippen molar-refractivity contribution in [3.05, 3.63) is 17.8 Å². The molecule has 1 aromatic heterocycles. The molecule has 1 aromatic rings. The molecule has 0 spiro atoms. The van der Waals surface area contributed by atoms with Crippen molar-refractivity contribution < 1.29 is 18.7 Å². The molecule has 0 unspecified atom stereocenters. The summed E-state index contributed by atoms with van der Waals surface area (Å²) in [5.74, 6) is 5.99. The quantitative estimate of drug-likeness (QED) is 0.329. The first kappa shape index (κ1) is 32.3. The molecule has 0 aliphatic heterocycles. The van der Waals surface area contributed by atoms with Crippen LogP contribution in [0.2, 0.25) is 0 Å². The number of nitrogens with zero attached hydrogens (tertiary/aromatic N) is 3. The Morgan fingerprint density at radius 1 is 1.18 bits per heavy atom. The van der Waals surface area contributed by atoms with Crippen molar-refractivity contribution >= 4 is 17.8 Å². The number of hydrogen-bond acceptors (Lipinski definition) is 6. The summed E-state index contributed by atoms with van der Waals surface area (Å²) in [6.45, 7) is 16.3. The third-order valence-electron chi connectivity index (χ3n) is 3.41. The van der Waals surface area contributed by atoms with Gasteiger partial charge >= 0.3 is 12.2 Å². The van der Waals surface area contributed by atoms with Gasteiger partial charge in [-0.05, 0) is 33.6 Å². The highest BCUT2D eigenvalue weighted by Crippen LogP contribution is 2.10. The second-order valence-electron chi connectivity index (χ2n) is 7.42. The smallest absolute Gasteiger partial charge is 0.410 e. The largest absolute Gasteiger partial charge is 0.444 e. The summed E-state index contributed by atoms with van der Waals surface area (Å²) in [6.07, 6.45) is 2.05. The molecule has 0 saturated heterocycles. The van der Waals surface area contributed by atoms with Gasteiger partial charge in [-0.25, -0.2) is 9.78 Å². The van der Waals surface area contributed by atoms with Gasteiger partial charge in [-0.1, -0.05) is 46.5 Å². The van der Waals surface area contributed by atoms with Crippen molar-refractivity contribution in [2.45, 2.75) is 80.3 Å². The van der Waals surface area contributed by atoms with Crippen LogP contribution in [-0.4, -0.2) is 59.2 Å². The van der Waals surface area contributed by atoms with E-state index < -0.39 is 17.8 Å². The Bertz CT molecular complexity index is 755. The minimum absolute atomic E-state index is 0.0834. The summed E-state index contributed by atoms with van der Waals surface area (Å²) in [5, 5.41) is 5.75. The second kappa shape index (κ2) is 18.7. The van der Waals surface area contributed by atoms with Crippen molar-refractivity contribution in [2.75, 3.05) is 32.0 Å². The standard InChI is InChI=1S/C20H30FN5O3.2C2H6/c1-6-11-23-17-15(13-24-18(21)25-17)10-8-7-9-12-22-16(27)14-26(5)19(28)29-20(2,3)4;2*1-2/h13H,6-7,9,11-12,14H2,1-5H3,(H,22,27)(H,23,24,25);2*1-2H3. The minimum Gasteiger partial charge on any atom is -0.444 e. The van der Waals surface area contributed by atoms with Crippen LogP contribution >= 0.6 is 0 Å². The molecule has 1 rings (SSSR count). The lowest BCUT2D eigenvalue weighted by molar-refractivity contribution is -0.122. The molecule has 1 heterocycles. The summed E-state index contributed by atoms with van der Waals surface area (Å²) in [7, 11) is 1.51. The van der Waals surface area contributed by atoms with Gasteiger partial charge in [-0.2, -0.15) is 9.37 Å². The molecule has 0 saturated carbocycles. The highest BCUT2D eigenvalue weighted by atomic mass is 19.1. The number of hydrogen-bond donors (Lipinski definition) is 2. The SMILES string of the molecule is CC.CC.CCCNc1nc(F)ncc1C#CCCCNC(=O)CN(C)C(=O)OC(C)(C)C. The van der Waals surface area contributed by atoms with E-state index in [1.807, 2.05) is 34.6 Å². The van der Waals surface area contributed by atoms with Crippen molar-refractivity contribution in [3.8, 4) is 11.8 Å². The van der Waals surface area contributed by atoms with Crippen molar-refractivity contribution in [1.29, 1.82) is 0 Å². The molecule has 33 heavy (non-hydrogen) atoms. The van der Waals surface area contributed by atoms with E-state index in [4.69, 9.17) is 4.74 Å². The number of unbranched alkanes of at least 4 members (excludes halogenated alkanes) is 1. The number of aromatic nitrogens is 2. The molecule has 0 aliphatic carbocycles. The van der Waals surface area contributed by atoms with Crippen LogP contribution < -0.4 is 10.6 Å². The number of anilines is 1. The first-order valence-corrected chi connectivity index (χ1v) is 11.6. The van der Waals surface area contributed by atoms with E-state index in [2.05, 4.69) is 32.4 Å².